The smallest absolute Gasteiger partial charge is 0.262 e. The number of unbranched alkanes of at least 4 members (excludes halogenated alkanes) is 2. The van der Waals surface area contributed by atoms with E-state index in [2.05, 4.69) is 24.1 Å². The van der Waals surface area contributed by atoms with E-state index in [0.717, 1.165) is 28.9 Å². The van der Waals surface area contributed by atoms with Crippen molar-refractivity contribution in [1.82, 2.24) is 14.9 Å². The Hall–Kier alpha value is -1.20. The summed E-state index contributed by atoms with van der Waals surface area (Å²) < 4.78 is 1.76. The SMILES string of the molecule is CCCCCNCC(C)n1cnc2sc(C)c(C)c2c1=O. The van der Waals surface area contributed by atoms with Crippen LogP contribution >= 0.6 is 11.3 Å². The van der Waals surface area contributed by atoms with Gasteiger partial charge in [0.15, 0.2) is 0 Å². The first-order chi connectivity index (χ1) is 10.1. The minimum Gasteiger partial charge on any atom is -0.315 e. The Labute approximate surface area is 130 Å². The Balaban J connectivity index is 2.13. The van der Waals surface area contributed by atoms with Crippen LogP contribution in [0.1, 0.15) is 49.6 Å². The molecule has 1 N–H and O–H groups in total. The van der Waals surface area contributed by atoms with E-state index in [1.807, 2.05) is 13.8 Å². The lowest BCUT2D eigenvalue weighted by Crippen LogP contribution is -2.31. The number of fused-ring (bicyclic) bond motifs is 1. The van der Waals surface area contributed by atoms with Crippen LogP contribution < -0.4 is 10.9 Å². The van der Waals surface area contributed by atoms with Crippen LogP contribution in [0.5, 0.6) is 0 Å². The van der Waals surface area contributed by atoms with Crippen molar-refractivity contribution in [2.45, 2.75) is 53.0 Å². The van der Waals surface area contributed by atoms with Gasteiger partial charge >= 0.3 is 0 Å². The van der Waals surface area contributed by atoms with Crippen LogP contribution in [0.25, 0.3) is 10.2 Å². The second-order valence-corrected chi connectivity index (χ2v) is 6.88. The summed E-state index contributed by atoms with van der Waals surface area (Å²) in [7, 11) is 0. The van der Waals surface area contributed by atoms with Crippen LogP contribution in [-0.2, 0) is 0 Å². The van der Waals surface area contributed by atoms with Crippen molar-refractivity contribution in [1.29, 1.82) is 0 Å². The molecule has 116 valence electrons. The van der Waals surface area contributed by atoms with Gasteiger partial charge in [-0.15, -0.1) is 11.3 Å². The summed E-state index contributed by atoms with van der Waals surface area (Å²) in [6.45, 7) is 10.1. The topological polar surface area (TPSA) is 46.9 Å². The number of rotatable bonds is 7. The maximum Gasteiger partial charge on any atom is 0.262 e. The van der Waals surface area contributed by atoms with E-state index in [0.29, 0.717) is 0 Å². The second kappa shape index (κ2) is 7.18. The van der Waals surface area contributed by atoms with Crippen LogP contribution in [-0.4, -0.2) is 22.6 Å². The summed E-state index contributed by atoms with van der Waals surface area (Å²) in [6.07, 6.45) is 5.37. The van der Waals surface area contributed by atoms with Crippen molar-refractivity contribution in [3.63, 3.8) is 0 Å². The molecule has 2 aromatic rings. The van der Waals surface area contributed by atoms with Crippen LogP contribution in [0.2, 0.25) is 0 Å². The summed E-state index contributed by atoms with van der Waals surface area (Å²) in [5, 5.41) is 4.22. The molecule has 0 radical (unpaired) electrons. The standard InChI is InChI=1S/C16H25N3OS/c1-5-6-7-8-17-9-11(2)19-10-18-15-14(16(19)20)12(3)13(4)21-15/h10-11,17H,5-9H2,1-4H3. The molecule has 0 amide bonds. The zero-order valence-corrected chi connectivity index (χ0v) is 14.2. The molecule has 0 saturated heterocycles. The monoisotopic (exact) mass is 307 g/mol. The largest absolute Gasteiger partial charge is 0.315 e. The first-order valence-electron chi connectivity index (χ1n) is 7.73. The van der Waals surface area contributed by atoms with Crippen molar-refractivity contribution in [3.05, 3.63) is 27.1 Å². The molecule has 0 aliphatic heterocycles. The lowest BCUT2D eigenvalue weighted by atomic mass is 10.2. The predicted molar refractivity (Wildman–Crippen MR) is 90.5 cm³/mol. The Bertz CT molecular complexity index is 659. The lowest BCUT2D eigenvalue weighted by molar-refractivity contribution is 0.473. The highest BCUT2D eigenvalue weighted by molar-refractivity contribution is 7.18. The van der Waals surface area contributed by atoms with E-state index in [-0.39, 0.29) is 11.6 Å². The van der Waals surface area contributed by atoms with Gasteiger partial charge in [0.1, 0.15) is 4.83 Å². The average Bonchev–Trinajstić information content (AvgIpc) is 2.75. The van der Waals surface area contributed by atoms with Crippen LogP contribution in [0.4, 0.5) is 0 Å². The van der Waals surface area contributed by atoms with E-state index in [9.17, 15) is 4.79 Å². The number of thiophene rings is 1. The van der Waals surface area contributed by atoms with E-state index in [1.165, 1.54) is 24.1 Å². The van der Waals surface area contributed by atoms with Crippen LogP contribution in [0.3, 0.4) is 0 Å². The molecule has 0 aliphatic rings. The number of nitrogens with one attached hydrogen (secondary N) is 1. The number of nitrogens with zero attached hydrogens (tertiary/aromatic N) is 2. The normalized spacial score (nSPS) is 13.0. The molecule has 1 unspecified atom stereocenters. The van der Waals surface area contributed by atoms with Crippen molar-refractivity contribution in [2.75, 3.05) is 13.1 Å². The Kier molecular flexibility index (Phi) is 5.53. The van der Waals surface area contributed by atoms with Gasteiger partial charge in [-0.1, -0.05) is 19.8 Å². The molecule has 5 heteroatoms. The van der Waals surface area contributed by atoms with Gasteiger partial charge in [0.2, 0.25) is 0 Å². The maximum absolute atomic E-state index is 12.6. The molecule has 0 saturated carbocycles. The molecule has 0 bridgehead atoms. The quantitative estimate of drug-likeness (QED) is 0.797. The fourth-order valence-electron chi connectivity index (χ4n) is 2.47. The minimum absolute atomic E-state index is 0.0877. The fourth-order valence-corrected chi connectivity index (χ4v) is 3.46. The van der Waals surface area contributed by atoms with E-state index in [1.54, 1.807) is 22.2 Å². The van der Waals surface area contributed by atoms with E-state index < -0.39 is 0 Å². The van der Waals surface area contributed by atoms with Gasteiger partial charge in [-0.2, -0.15) is 0 Å². The van der Waals surface area contributed by atoms with Crippen molar-refractivity contribution >= 4 is 21.6 Å². The van der Waals surface area contributed by atoms with Gasteiger partial charge in [0.25, 0.3) is 5.56 Å². The van der Waals surface area contributed by atoms with Gasteiger partial charge in [-0.3, -0.25) is 9.36 Å². The first kappa shape index (κ1) is 16.2. The Morgan fingerprint density at radius 3 is 2.86 bits per heavy atom. The van der Waals surface area contributed by atoms with Crippen molar-refractivity contribution < 1.29 is 0 Å². The molecule has 2 aromatic heterocycles. The average molecular weight is 307 g/mol. The van der Waals surface area contributed by atoms with Gasteiger partial charge in [0.05, 0.1) is 11.7 Å². The summed E-state index contributed by atoms with van der Waals surface area (Å²) in [5.41, 5.74) is 1.16. The number of aryl methyl sites for hydroxylation is 2. The van der Waals surface area contributed by atoms with Crippen molar-refractivity contribution in [3.8, 4) is 0 Å². The summed E-state index contributed by atoms with van der Waals surface area (Å²) >= 11 is 1.60. The third-order valence-corrected chi connectivity index (χ3v) is 5.10. The number of hydrogen-bond acceptors (Lipinski definition) is 4. The molecule has 0 spiro atoms. The van der Waals surface area contributed by atoms with Crippen LogP contribution in [0.15, 0.2) is 11.1 Å². The van der Waals surface area contributed by atoms with Gasteiger partial charge in [-0.25, -0.2) is 4.98 Å². The Morgan fingerprint density at radius 1 is 1.38 bits per heavy atom. The highest BCUT2D eigenvalue weighted by atomic mass is 32.1. The molecule has 0 fully saturated rings. The lowest BCUT2D eigenvalue weighted by Gasteiger charge is -2.15. The summed E-state index contributed by atoms with van der Waals surface area (Å²) in [6, 6.07) is 0.121. The predicted octanol–water partition coefficient (Wildman–Crippen LogP) is 3.42. The molecular weight excluding hydrogens is 282 g/mol. The third-order valence-electron chi connectivity index (χ3n) is 3.99. The van der Waals surface area contributed by atoms with Crippen molar-refractivity contribution in [2.24, 2.45) is 0 Å². The first-order valence-corrected chi connectivity index (χ1v) is 8.55. The fraction of sp³-hybridized carbons (Fsp3) is 0.625. The minimum atomic E-state index is 0.0877. The highest BCUT2D eigenvalue weighted by Gasteiger charge is 2.14. The zero-order valence-electron chi connectivity index (χ0n) is 13.4. The molecule has 21 heavy (non-hydrogen) atoms. The highest BCUT2D eigenvalue weighted by Crippen LogP contribution is 2.25. The zero-order chi connectivity index (χ0) is 15.4. The van der Waals surface area contributed by atoms with E-state index in [4.69, 9.17) is 0 Å². The summed E-state index contributed by atoms with van der Waals surface area (Å²) in [4.78, 5) is 19.1. The van der Waals surface area contributed by atoms with Gasteiger partial charge < -0.3 is 5.32 Å². The molecular formula is C16H25N3OS. The number of aromatic nitrogens is 2. The molecule has 0 aromatic carbocycles. The molecule has 0 aliphatic carbocycles. The van der Waals surface area contributed by atoms with Gasteiger partial charge in [-0.05, 0) is 39.3 Å². The Morgan fingerprint density at radius 2 is 2.14 bits per heavy atom. The second-order valence-electron chi connectivity index (χ2n) is 5.68. The molecule has 1 atom stereocenters. The molecule has 4 nitrogen and oxygen atoms in total. The molecule has 2 heterocycles. The molecule has 2 rings (SSSR count). The maximum atomic E-state index is 12.6. The third kappa shape index (κ3) is 3.52. The number of hydrogen-bond donors (Lipinski definition) is 1. The van der Waals surface area contributed by atoms with Crippen LogP contribution in [0, 0.1) is 13.8 Å². The van der Waals surface area contributed by atoms with Gasteiger partial charge in [0, 0.05) is 17.5 Å². The summed E-state index contributed by atoms with van der Waals surface area (Å²) in [5.74, 6) is 0. The van der Waals surface area contributed by atoms with E-state index >= 15 is 0 Å².